The van der Waals surface area contributed by atoms with Gasteiger partial charge < -0.3 is 9.09 Å². The summed E-state index contributed by atoms with van der Waals surface area (Å²) in [5.41, 5.74) is 1.44. The highest BCUT2D eigenvalue weighted by Gasteiger charge is 2.34. The molecule has 5 rings (SSSR count). The second-order valence-corrected chi connectivity index (χ2v) is 8.72. The fourth-order valence-electron chi connectivity index (χ4n) is 3.72. The highest BCUT2D eigenvalue weighted by Crippen LogP contribution is 2.38. The van der Waals surface area contributed by atoms with Crippen LogP contribution in [0.2, 0.25) is 10.0 Å². The topological polar surface area (TPSA) is 56.7 Å². The molecule has 0 spiro atoms. The summed E-state index contributed by atoms with van der Waals surface area (Å²) >= 11 is 12.4. The molecule has 0 bridgehead atoms. The fraction of sp³-hybridized carbons (Fsp3) is 0.0800. The number of nitrogens with zero attached hydrogens (tertiary/aromatic N) is 4. The monoisotopic (exact) mass is 532 g/mol. The van der Waals surface area contributed by atoms with Crippen LogP contribution >= 0.6 is 23.2 Å². The van der Waals surface area contributed by atoms with E-state index in [1.165, 1.54) is 29.8 Å². The van der Waals surface area contributed by atoms with Crippen LogP contribution < -0.4 is 0 Å². The third-order valence-electron chi connectivity index (χ3n) is 5.42. The first-order valence-electron chi connectivity index (χ1n) is 10.4. The van der Waals surface area contributed by atoms with Crippen molar-refractivity contribution in [2.75, 3.05) is 0 Å². The molecule has 0 atom stereocenters. The van der Waals surface area contributed by atoms with Gasteiger partial charge in [-0.25, -0.2) is 9.37 Å². The van der Waals surface area contributed by atoms with E-state index in [-0.39, 0.29) is 17.5 Å². The molecule has 0 unspecified atom stereocenters. The predicted octanol–water partition coefficient (Wildman–Crippen LogP) is 7.94. The zero-order valence-corrected chi connectivity index (χ0v) is 19.8. The Morgan fingerprint density at radius 3 is 2.25 bits per heavy atom. The van der Waals surface area contributed by atoms with Crippen molar-refractivity contribution in [1.29, 1.82) is 0 Å². The second kappa shape index (κ2) is 9.07. The van der Waals surface area contributed by atoms with Crippen LogP contribution in [0.5, 0.6) is 0 Å². The number of halogens is 6. The third-order valence-corrected chi connectivity index (χ3v) is 5.99. The van der Waals surface area contributed by atoms with Crippen molar-refractivity contribution in [1.82, 2.24) is 19.7 Å². The predicted molar refractivity (Wildman–Crippen MR) is 128 cm³/mol. The van der Waals surface area contributed by atoms with Gasteiger partial charge in [0.2, 0.25) is 5.82 Å². The zero-order chi connectivity index (χ0) is 25.6. The van der Waals surface area contributed by atoms with E-state index in [4.69, 9.17) is 27.7 Å². The van der Waals surface area contributed by atoms with Crippen LogP contribution in [-0.4, -0.2) is 19.7 Å². The lowest BCUT2D eigenvalue weighted by Gasteiger charge is -2.09. The molecule has 182 valence electrons. The molecule has 0 amide bonds. The van der Waals surface area contributed by atoms with Gasteiger partial charge >= 0.3 is 6.18 Å². The van der Waals surface area contributed by atoms with E-state index in [1.807, 2.05) is 0 Å². The van der Waals surface area contributed by atoms with E-state index in [0.717, 1.165) is 6.20 Å². The van der Waals surface area contributed by atoms with Crippen molar-refractivity contribution in [2.24, 2.45) is 7.05 Å². The lowest BCUT2D eigenvalue weighted by atomic mass is 9.99. The summed E-state index contributed by atoms with van der Waals surface area (Å²) in [7, 11) is 1.49. The highest BCUT2D eigenvalue weighted by atomic mass is 35.5. The maximum Gasteiger partial charge on any atom is 0.434 e. The Morgan fingerprint density at radius 2 is 1.56 bits per heavy atom. The second-order valence-electron chi connectivity index (χ2n) is 7.87. The Kier molecular flexibility index (Phi) is 6.05. The molecule has 0 radical (unpaired) electrons. The smallest absolute Gasteiger partial charge is 0.334 e. The number of imidazole rings is 1. The molecule has 0 aliphatic heterocycles. The van der Waals surface area contributed by atoms with Crippen LogP contribution in [0, 0.1) is 5.82 Å². The summed E-state index contributed by atoms with van der Waals surface area (Å²) in [6.07, 6.45) is -3.60. The van der Waals surface area contributed by atoms with Crippen LogP contribution in [0.1, 0.15) is 5.69 Å². The molecule has 11 heteroatoms. The van der Waals surface area contributed by atoms with Gasteiger partial charge in [-0.05, 0) is 42.0 Å². The van der Waals surface area contributed by atoms with Gasteiger partial charge in [-0.2, -0.15) is 18.2 Å². The standard InChI is InChI=1S/C25H14Cl2F4N4O/c1-35-12-21(25(29,30)31)32-23(35)14-4-2-13(3-5-14)22-33-24(36-34-22)17-8-7-16(28)11-18(17)19-10-15(26)6-9-20(19)27/h2-12H,1H3. The maximum absolute atomic E-state index is 14.1. The number of hydrogen-bond donors (Lipinski definition) is 0. The minimum Gasteiger partial charge on any atom is -0.334 e. The summed E-state index contributed by atoms with van der Waals surface area (Å²) < 4.78 is 59.8. The molecule has 0 saturated heterocycles. The average Bonchev–Trinajstić information content (AvgIpc) is 3.48. The van der Waals surface area contributed by atoms with Crippen LogP contribution in [0.25, 0.3) is 45.4 Å². The fourth-order valence-corrected chi connectivity index (χ4v) is 4.11. The molecule has 5 nitrogen and oxygen atoms in total. The summed E-state index contributed by atoms with van der Waals surface area (Å²) in [5.74, 6) is 0.0407. The summed E-state index contributed by atoms with van der Waals surface area (Å²) in [6, 6.07) is 15.4. The first-order chi connectivity index (χ1) is 17.1. The minimum atomic E-state index is -4.54. The van der Waals surface area contributed by atoms with Crippen LogP contribution in [-0.2, 0) is 13.2 Å². The van der Waals surface area contributed by atoms with Gasteiger partial charge in [0.05, 0.1) is 0 Å². The quantitative estimate of drug-likeness (QED) is 0.220. The number of aromatic nitrogens is 4. The van der Waals surface area contributed by atoms with Crippen molar-refractivity contribution >= 4 is 23.2 Å². The normalized spacial score (nSPS) is 11.8. The Morgan fingerprint density at radius 1 is 0.833 bits per heavy atom. The van der Waals surface area contributed by atoms with Crippen molar-refractivity contribution in [3.05, 3.63) is 88.4 Å². The zero-order valence-electron chi connectivity index (χ0n) is 18.3. The molecule has 0 aliphatic carbocycles. The Bertz CT molecular complexity index is 1580. The van der Waals surface area contributed by atoms with E-state index >= 15 is 0 Å². The maximum atomic E-state index is 14.1. The molecule has 36 heavy (non-hydrogen) atoms. The van der Waals surface area contributed by atoms with Crippen molar-refractivity contribution in [2.45, 2.75) is 6.18 Å². The SMILES string of the molecule is Cn1cc(C(F)(F)F)nc1-c1ccc(-c2noc(-c3ccc(F)cc3-c3cc(Cl)ccc3Cl)n2)cc1. The summed E-state index contributed by atoms with van der Waals surface area (Å²) in [6.45, 7) is 0. The van der Waals surface area contributed by atoms with Gasteiger partial charge in [0, 0.05) is 45.5 Å². The largest absolute Gasteiger partial charge is 0.434 e. The molecule has 5 aromatic rings. The van der Waals surface area contributed by atoms with E-state index in [9.17, 15) is 17.6 Å². The van der Waals surface area contributed by atoms with Crippen molar-refractivity contribution < 1.29 is 22.1 Å². The highest BCUT2D eigenvalue weighted by molar-refractivity contribution is 6.35. The van der Waals surface area contributed by atoms with Crippen molar-refractivity contribution in [3.63, 3.8) is 0 Å². The van der Waals surface area contributed by atoms with Gasteiger partial charge in [0.15, 0.2) is 5.69 Å². The van der Waals surface area contributed by atoms with E-state index < -0.39 is 17.7 Å². The number of alkyl halides is 3. The first-order valence-corrected chi connectivity index (χ1v) is 11.2. The van der Waals surface area contributed by atoms with Gasteiger partial charge in [-0.3, -0.25) is 0 Å². The Hall–Kier alpha value is -3.69. The van der Waals surface area contributed by atoms with Crippen LogP contribution in [0.3, 0.4) is 0 Å². The lowest BCUT2D eigenvalue weighted by Crippen LogP contribution is -2.04. The minimum absolute atomic E-state index is 0.124. The van der Waals surface area contributed by atoms with Crippen molar-refractivity contribution in [3.8, 4) is 45.4 Å². The van der Waals surface area contributed by atoms with E-state index in [1.54, 1.807) is 42.5 Å². The van der Waals surface area contributed by atoms with Crippen LogP contribution in [0.15, 0.2) is 71.4 Å². The van der Waals surface area contributed by atoms with E-state index in [0.29, 0.717) is 37.9 Å². The summed E-state index contributed by atoms with van der Waals surface area (Å²) in [4.78, 5) is 8.12. The molecule has 3 aromatic carbocycles. The molecule has 2 heterocycles. The van der Waals surface area contributed by atoms with E-state index in [2.05, 4.69) is 15.1 Å². The van der Waals surface area contributed by atoms with Crippen LogP contribution in [0.4, 0.5) is 17.6 Å². The molecule has 0 fully saturated rings. The third kappa shape index (κ3) is 4.59. The number of benzene rings is 3. The first kappa shape index (κ1) is 24.0. The average molecular weight is 533 g/mol. The van der Waals surface area contributed by atoms with Gasteiger partial charge in [0.25, 0.3) is 5.89 Å². The van der Waals surface area contributed by atoms with Gasteiger partial charge in [-0.1, -0.05) is 52.6 Å². The van der Waals surface area contributed by atoms with Gasteiger partial charge in [-0.15, -0.1) is 0 Å². The molecule has 0 aliphatic rings. The lowest BCUT2D eigenvalue weighted by molar-refractivity contribution is -0.140. The number of aryl methyl sites for hydroxylation is 1. The van der Waals surface area contributed by atoms with Gasteiger partial charge in [0.1, 0.15) is 11.6 Å². The number of rotatable bonds is 4. The number of hydrogen-bond acceptors (Lipinski definition) is 4. The molecular formula is C25H14Cl2F4N4O. The Labute approximate surface area is 211 Å². The molecule has 2 aromatic heterocycles. The molecule has 0 saturated carbocycles. The molecular weight excluding hydrogens is 519 g/mol. The summed E-state index contributed by atoms with van der Waals surface area (Å²) in [5, 5.41) is 4.80. The molecule has 0 N–H and O–H groups in total. The Balaban J connectivity index is 1.49.